The highest BCUT2D eigenvalue weighted by Crippen LogP contribution is 2.16. The zero-order valence-corrected chi connectivity index (χ0v) is 14.6. The number of hydrogen-bond donors (Lipinski definition) is 0. The van der Waals surface area contributed by atoms with Gasteiger partial charge in [-0.15, -0.1) is 0 Å². The Labute approximate surface area is 139 Å². The Balaban J connectivity index is 2.21. The fourth-order valence-electron chi connectivity index (χ4n) is 1.51. The minimum Gasteiger partial charge on any atom is -0.459 e. The first-order chi connectivity index (χ1) is 10.3. The number of esters is 1. The van der Waals surface area contributed by atoms with Gasteiger partial charge in [0, 0.05) is 0 Å². The van der Waals surface area contributed by atoms with Crippen LogP contribution < -0.4 is 0 Å². The molecule has 22 heavy (non-hydrogen) atoms. The number of halogens is 1. The molecule has 6 heteroatoms. The van der Waals surface area contributed by atoms with E-state index in [1.807, 2.05) is 30.3 Å². The molecule has 122 valence electrons. The van der Waals surface area contributed by atoms with E-state index in [-0.39, 0.29) is 19.4 Å². The van der Waals surface area contributed by atoms with Crippen molar-refractivity contribution in [3.05, 3.63) is 35.9 Å². The number of benzene rings is 1. The van der Waals surface area contributed by atoms with Gasteiger partial charge >= 0.3 is 11.9 Å². The monoisotopic (exact) mass is 372 g/mol. The summed E-state index contributed by atoms with van der Waals surface area (Å²) < 4.78 is 5.20. The predicted molar refractivity (Wildman–Crippen MR) is 85.1 cm³/mol. The van der Waals surface area contributed by atoms with Crippen molar-refractivity contribution in [2.24, 2.45) is 0 Å². The lowest BCUT2D eigenvalue weighted by molar-refractivity contribution is -0.280. The van der Waals surface area contributed by atoms with E-state index >= 15 is 0 Å². The molecule has 1 rings (SSSR count). The van der Waals surface area contributed by atoms with E-state index in [1.165, 1.54) is 0 Å². The van der Waals surface area contributed by atoms with Crippen LogP contribution in [0.2, 0.25) is 0 Å². The summed E-state index contributed by atoms with van der Waals surface area (Å²) in [5, 5.41) is 0. The summed E-state index contributed by atoms with van der Waals surface area (Å²) in [6.07, 6.45) is 0.340. The van der Waals surface area contributed by atoms with Gasteiger partial charge in [0.1, 0.15) is 17.0 Å². The third-order valence-corrected chi connectivity index (χ3v) is 3.32. The van der Waals surface area contributed by atoms with E-state index < -0.39 is 22.4 Å². The fraction of sp³-hybridized carbons (Fsp3) is 0.500. The van der Waals surface area contributed by atoms with Gasteiger partial charge in [-0.3, -0.25) is 9.68 Å². The topological polar surface area (TPSA) is 61.8 Å². The molecule has 0 aliphatic rings. The second kappa shape index (κ2) is 8.90. The Morgan fingerprint density at radius 2 is 1.82 bits per heavy atom. The molecule has 5 nitrogen and oxygen atoms in total. The normalized spacial score (nSPS) is 12.5. The van der Waals surface area contributed by atoms with Gasteiger partial charge in [0.15, 0.2) is 0 Å². The van der Waals surface area contributed by atoms with E-state index in [9.17, 15) is 9.59 Å². The van der Waals surface area contributed by atoms with Crippen LogP contribution in [-0.4, -0.2) is 22.4 Å². The van der Waals surface area contributed by atoms with Crippen molar-refractivity contribution >= 4 is 27.9 Å². The summed E-state index contributed by atoms with van der Waals surface area (Å²) in [4.78, 5) is 32.2. The maximum Gasteiger partial charge on any atom is 0.342 e. The Bertz CT molecular complexity index is 481. The van der Waals surface area contributed by atoms with Gasteiger partial charge in [0.05, 0.1) is 6.42 Å². The van der Waals surface area contributed by atoms with Crippen LogP contribution in [-0.2, 0) is 30.7 Å². The smallest absolute Gasteiger partial charge is 0.342 e. The molecule has 1 unspecified atom stereocenters. The number of hydrogen-bond acceptors (Lipinski definition) is 5. The zero-order valence-electron chi connectivity index (χ0n) is 13.0. The maximum absolute atomic E-state index is 11.7. The first-order valence-corrected chi connectivity index (χ1v) is 7.92. The average Bonchev–Trinajstić information content (AvgIpc) is 2.44. The quantitative estimate of drug-likeness (QED) is 0.317. The van der Waals surface area contributed by atoms with Crippen LogP contribution in [0.4, 0.5) is 0 Å². The highest BCUT2D eigenvalue weighted by Gasteiger charge is 2.23. The molecule has 0 bridgehead atoms. The molecule has 0 heterocycles. The van der Waals surface area contributed by atoms with Gasteiger partial charge in [-0.2, -0.15) is 4.89 Å². The lowest BCUT2D eigenvalue weighted by Gasteiger charge is -2.21. The first-order valence-electron chi connectivity index (χ1n) is 7.01. The molecule has 0 radical (unpaired) electrons. The van der Waals surface area contributed by atoms with E-state index in [0.29, 0.717) is 0 Å². The molecular formula is C16H21BrO5. The maximum atomic E-state index is 11.7. The lowest BCUT2D eigenvalue weighted by Crippen LogP contribution is -2.29. The first kappa shape index (κ1) is 18.6. The lowest BCUT2D eigenvalue weighted by atomic mass is 10.2. The summed E-state index contributed by atoms with van der Waals surface area (Å²) in [5.41, 5.74) is 0.352. The minimum absolute atomic E-state index is 0.0595. The fourth-order valence-corrected chi connectivity index (χ4v) is 1.83. The van der Waals surface area contributed by atoms with Crippen LogP contribution in [0.5, 0.6) is 0 Å². The molecule has 1 aromatic rings. The van der Waals surface area contributed by atoms with Gasteiger partial charge in [-0.05, 0) is 32.8 Å². The zero-order chi connectivity index (χ0) is 16.6. The molecule has 0 amide bonds. The van der Waals surface area contributed by atoms with Crippen LogP contribution in [0, 0.1) is 0 Å². The van der Waals surface area contributed by atoms with E-state index in [4.69, 9.17) is 9.62 Å². The second-order valence-corrected chi connectivity index (χ2v) is 6.85. The summed E-state index contributed by atoms with van der Waals surface area (Å²) in [7, 11) is 0. The summed E-state index contributed by atoms with van der Waals surface area (Å²) in [6.45, 7) is 5.55. The molecule has 1 atom stereocenters. The van der Waals surface area contributed by atoms with Crippen molar-refractivity contribution in [3.63, 3.8) is 0 Å². The highest BCUT2D eigenvalue weighted by atomic mass is 79.9. The van der Waals surface area contributed by atoms with E-state index in [1.54, 1.807) is 20.8 Å². The molecule has 1 aromatic carbocycles. The Hall–Kier alpha value is -1.40. The summed E-state index contributed by atoms with van der Waals surface area (Å²) in [6, 6.07) is 9.37. The Morgan fingerprint density at radius 1 is 1.18 bits per heavy atom. The molecule has 0 saturated heterocycles. The van der Waals surface area contributed by atoms with Crippen molar-refractivity contribution in [2.75, 3.05) is 0 Å². The van der Waals surface area contributed by atoms with Gasteiger partial charge in [0.2, 0.25) is 0 Å². The van der Waals surface area contributed by atoms with Crippen LogP contribution in [0.1, 0.15) is 39.2 Å². The molecule has 0 aliphatic carbocycles. The van der Waals surface area contributed by atoms with E-state index in [2.05, 4.69) is 20.8 Å². The van der Waals surface area contributed by atoms with Crippen molar-refractivity contribution < 1.29 is 24.1 Å². The van der Waals surface area contributed by atoms with Crippen molar-refractivity contribution in [1.82, 2.24) is 0 Å². The van der Waals surface area contributed by atoms with Gasteiger partial charge in [-0.25, -0.2) is 4.79 Å². The van der Waals surface area contributed by atoms with Crippen molar-refractivity contribution in [2.45, 2.75) is 50.6 Å². The second-order valence-electron chi connectivity index (χ2n) is 5.74. The molecule has 0 N–H and O–H groups in total. The predicted octanol–water partition coefficient (Wildman–Crippen LogP) is 3.55. The average molecular weight is 373 g/mol. The SMILES string of the molecule is CC(C)(C)OC(=O)C(Br)CCC(=O)OOCc1ccccc1. The van der Waals surface area contributed by atoms with Gasteiger partial charge < -0.3 is 4.74 Å². The molecule has 0 aromatic heterocycles. The largest absolute Gasteiger partial charge is 0.459 e. The third-order valence-electron chi connectivity index (χ3n) is 2.48. The van der Waals surface area contributed by atoms with Crippen LogP contribution in [0.25, 0.3) is 0 Å². The summed E-state index contributed by atoms with van der Waals surface area (Å²) in [5.74, 6) is -0.922. The molecular weight excluding hydrogens is 352 g/mol. The van der Waals surface area contributed by atoms with Crippen LogP contribution in [0.15, 0.2) is 30.3 Å². The third kappa shape index (κ3) is 8.14. The summed E-state index contributed by atoms with van der Waals surface area (Å²) >= 11 is 3.21. The standard InChI is InChI=1S/C16H21BrO5/c1-16(2,3)21-15(19)13(17)9-10-14(18)22-20-11-12-7-5-4-6-8-12/h4-8,13H,9-11H2,1-3H3. The molecule has 0 fully saturated rings. The van der Waals surface area contributed by atoms with E-state index in [0.717, 1.165) is 5.56 Å². The molecule has 0 spiro atoms. The Kier molecular flexibility index (Phi) is 7.55. The number of ether oxygens (including phenoxy) is 1. The number of rotatable bonds is 7. The van der Waals surface area contributed by atoms with Crippen molar-refractivity contribution in [3.8, 4) is 0 Å². The number of alkyl halides is 1. The number of carbonyl (C=O) groups is 2. The van der Waals surface area contributed by atoms with Gasteiger partial charge in [-0.1, -0.05) is 46.3 Å². The highest BCUT2D eigenvalue weighted by molar-refractivity contribution is 9.10. The minimum atomic E-state index is -0.553. The van der Waals surface area contributed by atoms with Gasteiger partial charge in [0.25, 0.3) is 0 Å². The molecule has 0 saturated carbocycles. The molecule has 0 aliphatic heterocycles. The van der Waals surface area contributed by atoms with Crippen molar-refractivity contribution in [1.29, 1.82) is 0 Å². The van der Waals surface area contributed by atoms with Crippen LogP contribution >= 0.6 is 15.9 Å². The Morgan fingerprint density at radius 3 is 2.41 bits per heavy atom. The number of carbonyl (C=O) groups excluding carboxylic acids is 2. The van der Waals surface area contributed by atoms with Crippen LogP contribution in [0.3, 0.4) is 0 Å².